The molecular formula is C21H18ClN3O4. The number of rotatable bonds is 3. The van der Waals surface area contributed by atoms with E-state index in [1.807, 2.05) is 26.0 Å². The van der Waals surface area contributed by atoms with E-state index in [0.717, 1.165) is 16.0 Å². The van der Waals surface area contributed by atoms with Gasteiger partial charge in [-0.05, 0) is 43.2 Å². The third-order valence-corrected chi connectivity index (χ3v) is 5.61. The van der Waals surface area contributed by atoms with Crippen molar-refractivity contribution in [3.05, 3.63) is 64.2 Å². The van der Waals surface area contributed by atoms with Crippen molar-refractivity contribution >= 4 is 40.8 Å². The number of hydrogen-bond donors (Lipinski definition) is 1. The van der Waals surface area contributed by atoms with Crippen LogP contribution in [0.3, 0.4) is 0 Å². The predicted molar refractivity (Wildman–Crippen MR) is 108 cm³/mol. The topological polar surface area (TPSA) is 88.1 Å². The molecule has 0 aromatic heterocycles. The number of aryl methyl sites for hydroxylation is 2. The molecule has 2 heterocycles. The number of amides is 2. The van der Waals surface area contributed by atoms with E-state index in [2.05, 4.69) is 10.5 Å². The lowest BCUT2D eigenvalue weighted by atomic mass is 9.79. The monoisotopic (exact) mass is 411 g/mol. The van der Waals surface area contributed by atoms with Gasteiger partial charge in [0.15, 0.2) is 11.3 Å². The van der Waals surface area contributed by atoms with E-state index in [0.29, 0.717) is 16.3 Å². The van der Waals surface area contributed by atoms with Crippen LogP contribution in [0.2, 0.25) is 5.02 Å². The van der Waals surface area contributed by atoms with Crippen molar-refractivity contribution in [3.63, 3.8) is 0 Å². The Morgan fingerprint density at radius 2 is 1.86 bits per heavy atom. The fraction of sp³-hybridized carbons (Fsp3) is 0.238. The lowest BCUT2D eigenvalue weighted by Crippen LogP contribution is -2.48. The molecule has 29 heavy (non-hydrogen) atoms. The van der Waals surface area contributed by atoms with Crippen LogP contribution >= 0.6 is 11.6 Å². The van der Waals surface area contributed by atoms with Crippen LogP contribution in [-0.2, 0) is 24.7 Å². The lowest BCUT2D eigenvalue weighted by molar-refractivity contribution is -0.133. The van der Waals surface area contributed by atoms with E-state index in [1.165, 1.54) is 7.11 Å². The molecule has 2 unspecified atom stereocenters. The Morgan fingerprint density at radius 3 is 2.48 bits per heavy atom. The van der Waals surface area contributed by atoms with Gasteiger partial charge in [-0.2, -0.15) is 5.10 Å². The zero-order chi connectivity index (χ0) is 20.9. The second kappa shape index (κ2) is 6.70. The lowest BCUT2D eigenvalue weighted by Gasteiger charge is -2.26. The second-order valence-corrected chi connectivity index (χ2v) is 7.55. The number of hydrogen-bond acceptors (Lipinski definition) is 6. The molecular weight excluding hydrogens is 394 g/mol. The molecule has 7 nitrogen and oxygen atoms in total. The zero-order valence-corrected chi connectivity index (χ0v) is 16.8. The Hall–Kier alpha value is -3.19. The SMILES string of the molecule is COC(=O)C1=NNC2(c3ccc(Cl)cc3)C(=O)N(c3ccc(C)cc3C)C(=O)C12. The summed E-state index contributed by atoms with van der Waals surface area (Å²) in [4.78, 5) is 40.6. The highest BCUT2D eigenvalue weighted by atomic mass is 35.5. The third-order valence-electron chi connectivity index (χ3n) is 5.35. The minimum atomic E-state index is -1.54. The molecule has 0 bridgehead atoms. The van der Waals surface area contributed by atoms with Gasteiger partial charge in [-0.1, -0.05) is 41.4 Å². The van der Waals surface area contributed by atoms with Crippen molar-refractivity contribution in [1.82, 2.24) is 5.43 Å². The first-order valence-corrected chi connectivity index (χ1v) is 9.34. The number of halogens is 1. The van der Waals surface area contributed by atoms with Crippen LogP contribution in [0.5, 0.6) is 0 Å². The molecule has 2 aliphatic heterocycles. The van der Waals surface area contributed by atoms with Gasteiger partial charge >= 0.3 is 5.97 Å². The molecule has 148 valence electrons. The molecule has 2 aliphatic rings. The fourth-order valence-electron chi connectivity index (χ4n) is 3.98. The number of nitrogens with zero attached hydrogens (tertiary/aromatic N) is 2. The molecule has 8 heteroatoms. The number of esters is 1. The number of imide groups is 1. The normalized spacial score (nSPS) is 23.0. The maximum absolute atomic E-state index is 13.7. The average Bonchev–Trinajstić information content (AvgIpc) is 3.19. The Bertz CT molecular complexity index is 1080. The second-order valence-electron chi connectivity index (χ2n) is 7.12. The van der Waals surface area contributed by atoms with E-state index in [1.54, 1.807) is 30.3 Å². The Labute approximate surface area is 172 Å². The molecule has 0 radical (unpaired) electrons. The first kappa shape index (κ1) is 19.1. The van der Waals surface area contributed by atoms with Crippen molar-refractivity contribution in [2.75, 3.05) is 12.0 Å². The van der Waals surface area contributed by atoms with E-state index in [-0.39, 0.29) is 5.71 Å². The van der Waals surface area contributed by atoms with Gasteiger partial charge in [0.25, 0.3) is 5.91 Å². The fourth-order valence-corrected chi connectivity index (χ4v) is 4.11. The number of anilines is 1. The van der Waals surface area contributed by atoms with Gasteiger partial charge in [0, 0.05) is 5.02 Å². The molecule has 0 saturated carbocycles. The quantitative estimate of drug-likeness (QED) is 0.619. The van der Waals surface area contributed by atoms with Gasteiger partial charge in [0.2, 0.25) is 5.91 Å². The summed E-state index contributed by atoms with van der Waals surface area (Å²) in [6, 6.07) is 12.0. The van der Waals surface area contributed by atoms with Crippen LogP contribution in [0.25, 0.3) is 0 Å². The highest BCUT2D eigenvalue weighted by Gasteiger charge is 2.67. The van der Waals surface area contributed by atoms with Crippen LogP contribution in [0.4, 0.5) is 5.69 Å². The Morgan fingerprint density at radius 1 is 1.17 bits per heavy atom. The average molecular weight is 412 g/mol. The Kier molecular flexibility index (Phi) is 4.42. The third kappa shape index (κ3) is 2.65. The van der Waals surface area contributed by atoms with Crippen molar-refractivity contribution in [3.8, 4) is 0 Å². The molecule has 0 spiro atoms. The number of carbonyl (C=O) groups excluding carboxylic acids is 3. The maximum Gasteiger partial charge on any atom is 0.355 e. The summed E-state index contributed by atoms with van der Waals surface area (Å²) in [5, 5.41) is 4.50. The summed E-state index contributed by atoms with van der Waals surface area (Å²) >= 11 is 6.00. The van der Waals surface area contributed by atoms with Crippen LogP contribution < -0.4 is 10.3 Å². The number of nitrogens with one attached hydrogen (secondary N) is 1. The van der Waals surface area contributed by atoms with E-state index in [4.69, 9.17) is 16.3 Å². The molecule has 1 N–H and O–H groups in total. The van der Waals surface area contributed by atoms with Crippen molar-refractivity contribution in [1.29, 1.82) is 0 Å². The molecule has 4 rings (SSSR count). The maximum atomic E-state index is 13.7. The van der Waals surface area contributed by atoms with Crippen molar-refractivity contribution < 1.29 is 19.1 Å². The number of ether oxygens (including phenoxy) is 1. The molecule has 2 amide bonds. The van der Waals surface area contributed by atoms with Gasteiger partial charge in [0.1, 0.15) is 5.92 Å². The summed E-state index contributed by atoms with van der Waals surface area (Å²) in [6.45, 7) is 3.76. The first-order chi connectivity index (χ1) is 13.8. The highest BCUT2D eigenvalue weighted by Crippen LogP contribution is 2.45. The van der Waals surface area contributed by atoms with Crippen LogP contribution in [0.1, 0.15) is 16.7 Å². The van der Waals surface area contributed by atoms with Crippen LogP contribution in [0.15, 0.2) is 47.6 Å². The molecule has 2 atom stereocenters. The van der Waals surface area contributed by atoms with Gasteiger partial charge in [-0.3, -0.25) is 15.0 Å². The minimum absolute atomic E-state index is 0.131. The first-order valence-electron chi connectivity index (χ1n) is 8.96. The van der Waals surface area contributed by atoms with Gasteiger partial charge in [0.05, 0.1) is 12.8 Å². The van der Waals surface area contributed by atoms with Crippen LogP contribution in [-0.4, -0.2) is 30.6 Å². The van der Waals surface area contributed by atoms with E-state index >= 15 is 0 Å². The molecule has 2 aromatic rings. The summed E-state index contributed by atoms with van der Waals surface area (Å²) in [7, 11) is 1.20. The van der Waals surface area contributed by atoms with Gasteiger partial charge in [-0.15, -0.1) is 0 Å². The number of hydrazone groups is 1. The molecule has 0 aliphatic carbocycles. The number of methoxy groups -OCH3 is 1. The van der Waals surface area contributed by atoms with E-state index < -0.39 is 29.2 Å². The summed E-state index contributed by atoms with van der Waals surface area (Å²) in [6.07, 6.45) is 0. The van der Waals surface area contributed by atoms with Crippen LogP contribution in [0, 0.1) is 19.8 Å². The summed E-state index contributed by atoms with van der Waals surface area (Å²) in [5.41, 5.74) is 3.84. The zero-order valence-electron chi connectivity index (χ0n) is 16.0. The minimum Gasteiger partial charge on any atom is -0.464 e. The summed E-state index contributed by atoms with van der Waals surface area (Å²) in [5.74, 6) is -2.96. The van der Waals surface area contributed by atoms with Crippen molar-refractivity contribution in [2.24, 2.45) is 11.0 Å². The van der Waals surface area contributed by atoms with Gasteiger partial charge < -0.3 is 4.74 Å². The predicted octanol–water partition coefficient (Wildman–Crippen LogP) is 2.47. The van der Waals surface area contributed by atoms with E-state index in [9.17, 15) is 14.4 Å². The van der Waals surface area contributed by atoms with Crippen molar-refractivity contribution in [2.45, 2.75) is 19.4 Å². The number of carbonyl (C=O) groups is 3. The standard InChI is InChI=1S/C21H18ClN3O4/c1-11-4-9-15(12(2)10-11)25-18(26)16-17(19(27)29-3)23-24-21(16,20(25)28)13-5-7-14(22)8-6-13/h4-10,16,24H,1-3H3. The largest absolute Gasteiger partial charge is 0.464 e. The molecule has 1 fully saturated rings. The Balaban J connectivity index is 1.91. The smallest absolute Gasteiger partial charge is 0.355 e. The number of benzene rings is 2. The highest BCUT2D eigenvalue weighted by molar-refractivity contribution is 6.47. The summed E-state index contributed by atoms with van der Waals surface area (Å²) < 4.78 is 4.79. The van der Waals surface area contributed by atoms with Gasteiger partial charge in [-0.25, -0.2) is 9.69 Å². The number of fused-ring (bicyclic) bond motifs is 1. The molecule has 2 aromatic carbocycles. The molecule has 1 saturated heterocycles.